The quantitative estimate of drug-likeness (QED) is 0.587. The number of nitrogens with zero attached hydrogens (tertiary/aromatic N) is 4. The molecule has 29 heavy (non-hydrogen) atoms. The van der Waals surface area contributed by atoms with E-state index in [1.165, 1.54) is 11.8 Å². The third kappa shape index (κ3) is 2.77. The van der Waals surface area contributed by atoms with Crippen molar-refractivity contribution in [3.63, 3.8) is 0 Å². The van der Waals surface area contributed by atoms with Crippen LogP contribution in [-0.2, 0) is 16.8 Å². The van der Waals surface area contributed by atoms with Gasteiger partial charge in [0.15, 0.2) is 5.60 Å². The first-order chi connectivity index (χ1) is 14.1. The van der Waals surface area contributed by atoms with Crippen molar-refractivity contribution in [1.29, 1.82) is 0 Å². The van der Waals surface area contributed by atoms with Gasteiger partial charge in [0.1, 0.15) is 5.82 Å². The lowest BCUT2D eigenvalue weighted by Crippen LogP contribution is -2.35. The van der Waals surface area contributed by atoms with Gasteiger partial charge in [-0.15, -0.1) is 0 Å². The number of pyridine rings is 1. The SMILES string of the molecule is CC1(O)C(=O)N(c2cc(Cc3nncc4ccccc34)ccn2)c2ccccc21. The molecule has 6 heteroatoms. The topological polar surface area (TPSA) is 79.2 Å². The zero-order valence-corrected chi connectivity index (χ0v) is 15.8. The summed E-state index contributed by atoms with van der Waals surface area (Å²) in [5.41, 5.74) is 1.47. The molecule has 6 nitrogen and oxygen atoms in total. The van der Waals surface area contributed by atoms with Gasteiger partial charge in [0, 0.05) is 29.0 Å². The Morgan fingerprint density at radius 1 is 1.07 bits per heavy atom. The molecule has 0 aliphatic carbocycles. The molecule has 5 rings (SSSR count). The Kier molecular flexibility index (Phi) is 3.89. The number of para-hydroxylation sites is 1. The Morgan fingerprint density at radius 2 is 1.86 bits per heavy atom. The fourth-order valence-corrected chi connectivity index (χ4v) is 3.85. The average Bonchev–Trinajstić information content (AvgIpc) is 2.95. The number of aromatic nitrogens is 3. The van der Waals surface area contributed by atoms with E-state index >= 15 is 0 Å². The maximum atomic E-state index is 12.9. The third-order valence-electron chi connectivity index (χ3n) is 5.35. The number of carbonyl (C=O) groups excluding carboxylic acids is 1. The van der Waals surface area contributed by atoms with Crippen LogP contribution in [0.2, 0.25) is 0 Å². The minimum absolute atomic E-state index is 0.409. The second-order valence-corrected chi connectivity index (χ2v) is 7.31. The van der Waals surface area contributed by atoms with Gasteiger partial charge >= 0.3 is 0 Å². The summed E-state index contributed by atoms with van der Waals surface area (Å²) in [5.74, 6) is 0.0687. The molecule has 0 saturated heterocycles. The molecule has 142 valence electrons. The molecule has 0 spiro atoms. The minimum Gasteiger partial charge on any atom is -0.375 e. The van der Waals surface area contributed by atoms with Crippen LogP contribution < -0.4 is 4.90 Å². The summed E-state index contributed by atoms with van der Waals surface area (Å²) in [5, 5.41) is 21.2. The number of benzene rings is 2. The van der Waals surface area contributed by atoms with E-state index in [4.69, 9.17) is 0 Å². The average molecular weight is 382 g/mol. The highest BCUT2D eigenvalue weighted by Gasteiger charge is 2.47. The Morgan fingerprint density at radius 3 is 2.76 bits per heavy atom. The van der Waals surface area contributed by atoms with Crippen molar-refractivity contribution in [2.45, 2.75) is 18.9 Å². The molecule has 0 saturated carbocycles. The van der Waals surface area contributed by atoms with Gasteiger partial charge in [0.05, 0.1) is 17.6 Å². The van der Waals surface area contributed by atoms with Crippen LogP contribution in [0.1, 0.15) is 23.7 Å². The number of hydrogen-bond donors (Lipinski definition) is 1. The second-order valence-electron chi connectivity index (χ2n) is 7.31. The first kappa shape index (κ1) is 17.5. The normalized spacial score (nSPS) is 18.3. The summed E-state index contributed by atoms with van der Waals surface area (Å²) >= 11 is 0. The highest BCUT2D eigenvalue weighted by molar-refractivity contribution is 6.11. The fourth-order valence-electron chi connectivity index (χ4n) is 3.85. The zero-order valence-electron chi connectivity index (χ0n) is 15.8. The van der Waals surface area contributed by atoms with E-state index < -0.39 is 11.5 Å². The molecular formula is C23H18N4O2. The van der Waals surface area contributed by atoms with Crippen molar-refractivity contribution in [1.82, 2.24) is 15.2 Å². The van der Waals surface area contributed by atoms with E-state index in [2.05, 4.69) is 15.2 Å². The minimum atomic E-state index is -1.57. The largest absolute Gasteiger partial charge is 0.375 e. The standard InChI is InChI=1S/C23H18N4O2/c1-23(29)18-8-4-5-9-20(18)27(22(23)28)21-13-15(10-11-24-21)12-19-17-7-3-2-6-16(17)14-25-26-19/h2-11,13-14,29H,12H2,1H3. The fraction of sp³-hybridized carbons (Fsp3) is 0.130. The van der Waals surface area contributed by atoms with E-state index in [0.29, 0.717) is 23.5 Å². The Hall–Kier alpha value is -3.64. The molecule has 0 radical (unpaired) electrons. The smallest absolute Gasteiger partial charge is 0.269 e. The molecule has 0 fully saturated rings. The lowest BCUT2D eigenvalue weighted by Gasteiger charge is -2.19. The van der Waals surface area contributed by atoms with Crippen LogP contribution in [0.25, 0.3) is 10.8 Å². The molecule has 4 aromatic rings. The van der Waals surface area contributed by atoms with Crippen LogP contribution in [0.15, 0.2) is 73.1 Å². The molecule has 1 amide bonds. The third-order valence-corrected chi connectivity index (χ3v) is 5.35. The van der Waals surface area contributed by atoms with Crippen molar-refractivity contribution in [2.75, 3.05) is 4.90 Å². The summed E-state index contributed by atoms with van der Waals surface area (Å²) in [4.78, 5) is 18.8. The van der Waals surface area contributed by atoms with Crippen LogP contribution in [0.3, 0.4) is 0 Å². The van der Waals surface area contributed by atoms with Gasteiger partial charge < -0.3 is 5.11 Å². The summed E-state index contributed by atoms with van der Waals surface area (Å²) in [7, 11) is 0. The number of amides is 1. The molecule has 1 N–H and O–H groups in total. The molecule has 1 aliphatic rings. The predicted octanol–water partition coefficient (Wildman–Crippen LogP) is 3.50. The van der Waals surface area contributed by atoms with E-state index in [9.17, 15) is 9.90 Å². The van der Waals surface area contributed by atoms with Gasteiger partial charge in [-0.3, -0.25) is 9.69 Å². The van der Waals surface area contributed by atoms with Gasteiger partial charge in [-0.05, 0) is 30.7 Å². The van der Waals surface area contributed by atoms with Crippen LogP contribution in [0, 0.1) is 0 Å². The lowest BCUT2D eigenvalue weighted by atomic mass is 9.98. The lowest BCUT2D eigenvalue weighted by molar-refractivity contribution is -0.133. The number of fused-ring (bicyclic) bond motifs is 2. The first-order valence-corrected chi connectivity index (χ1v) is 9.36. The number of aliphatic hydroxyl groups is 1. The summed E-state index contributed by atoms with van der Waals surface area (Å²) < 4.78 is 0. The monoisotopic (exact) mass is 382 g/mol. The van der Waals surface area contributed by atoms with Crippen LogP contribution in [-0.4, -0.2) is 26.2 Å². The predicted molar refractivity (Wildman–Crippen MR) is 110 cm³/mol. The van der Waals surface area contributed by atoms with Crippen molar-refractivity contribution in [3.05, 3.63) is 89.9 Å². The first-order valence-electron chi connectivity index (χ1n) is 9.36. The molecule has 1 aliphatic heterocycles. The molecule has 1 atom stereocenters. The number of anilines is 2. The van der Waals surface area contributed by atoms with Gasteiger partial charge in [-0.25, -0.2) is 4.98 Å². The van der Waals surface area contributed by atoms with E-state index in [1.807, 2.05) is 54.6 Å². The summed E-state index contributed by atoms with van der Waals surface area (Å²) in [6.07, 6.45) is 3.98. The molecular weight excluding hydrogens is 364 g/mol. The highest BCUT2D eigenvalue weighted by atomic mass is 16.3. The van der Waals surface area contributed by atoms with E-state index in [0.717, 1.165) is 22.0 Å². The van der Waals surface area contributed by atoms with E-state index in [-0.39, 0.29) is 0 Å². The van der Waals surface area contributed by atoms with Gasteiger partial charge in [-0.1, -0.05) is 42.5 Å². The zero-order chi connectivity index (χ0) is 20.0. The molecule has 3 heterocycles. The number of carbonyl (C=O) groups is 1. The Bertz CT molecular complexity index is 1250. The summed E-state index contributed by atoms with van der Waals surface area (Å²) in [6, 6.07) is 19.0. The molecule has 0 bridgehead atoms. The van der Waals surface area contributed by atoms with Gasteiger partial charge in [0.25, 0.3) is 5.91 Å². The molecule has 2 aromatic heterocycles. The maximum absolute atomic E-state index is 12.9. The van der Waals surface area contributed by atoms with Gasteiger partial charge in [0.2, 0.25) is 0 Å². The highest BCUT2D eigenvalue weighted by Crippen LogP contribution is 2.43. The maximum Gasteiger partial charge on any atom is 0.269 e. The number of rotatable bonds is 3. The Balaban J connectivity index is 1.55. The van der Waals surface area contributed by atoms with Crippen molar-refractivity contribution < 1.29 is 9.90 Å². The van der Waals surface area contributed by atoms with Crippen LogP contribution in [0.4, 0.5) is 11.5 Å². The number of hydrogen-bond acceptors (Lipinski definition) is 5. The molecule has 1 unspecified atom stereocenters. The van der Waals surface area contributed by atoms with E-state index in [1.54, 1.807) is 18.5 Å². The second kappa shape index (κ2) is 6.46. The van der Waals surface area contributed by atoms with Crippen LogP contribution in [0.5, 0.6) is 0 Å². The molecule has 2 aromatic carbocycles. The summed E-state index contributed by atoms with van der Waals surface area (Å²) in [6.45, 7) is 1.52. The van der Waals surface area contributed by atoms with Gasteiger partial charge in [-0.2, -0.15) is 10.2 Å². The van der Waals surface area contributed by atoms with Crippen molar-refractivity contribution >= 4 is 28.2 Å². The Labute approximate surface area is 167 Å². The van der Waals surface area contributed by atoms with Crippen molar-refractivity contribution in [3.8, 4) is 0 Å². The van der Waals surface area contributed by atoms with Crippen LogP contribution >= 0.6 is 0 Å². The van der Waals surface area contributed by atoms with Crippen molar-refractivity contribution in [2.24, 2.45) is 0 Å².